The molecule has 0 radical (unpaired) electrons. The van der Waals surface area contributed by atoms with Gasteiger partial charge in [0, 0.05) is 12.1 Å². The van der Waals surface area contributed by atoms with Crippen LogP contribution in [-0.4, -0.2) is 32.1 Å². The highest BCUT2D eigenvalue weighted by molar-refractivity contribution is 7.80. The molecule has 0 heterocycles. The van der Waals surface area contributed by atoms with Crippen molar-refractivity contribution in [3.05, 3.63) is 23.8 Å². The number of para-hydroxylation sites is 1. The van der Waals surface area contributed by atoms with E-state index in [0.717, 1.165) is 12.1 Å². The highest BCUT2D eigenvalue weighted by atomic mass is 32.1. The minimum atomic E-state index is 0.482. The number of thiocarbonyl (C=S) groups is 1. The van der Waals surface area contributed by atoms with Crippen LogP contribution in [0.2, 0.25) is 0 Å². The van der Waals surface area contributed by atoms with Gasteiger partial charge in [0.1, 0.15) is 0 Å². The van der Waals surface area contributed by atoms with Gasteiger partial charge in [-0.1, -0.05) is 6.07 Å². The molecule has 0 aliphatic carbocycles. The summed E-state index contributed by atoms with van der Waals surface area (Å²) in [5.41, 5.74) is 3.52. The zero-order valence-corrected chi connectivity index (χ0v) is 11.5. The fourth-order valence-corrected chi connectivity index (χ4v) is 1.57. The van der Waals surface area contributed by atoms with E-state index in [1.165, 1.54) is 0 Å². The van der Waals surface area contributed by atoms with Gasteiger partial charge in [0.05, 0.1) is 20.4 Å². The lowest BCUT2D eigenvalue weighted by atomic mass is 10.2. The van der Waals surface area contributed by atoms with Crippen LogP contribution in [0.4, 0.5) is 0 Å². The molecule has 0 unspecified atom stereocenters. The monoisotopic (exact) mass is 267 g/mol. The molecule has 2 N–H and O–H groups in total. The molecule has 0 bridgehead atoms. The Morgan fingerprint density at radius 2 is 2.17 bits per heavy atom. The molecule has 1 aromatic rings. The van der Waals surface area contributed by atoms with E-state index in [2.05, 4.69) is 15.8 Å². The van der Waals surface area contributed by atoms with Crippen LogP contribution in [0.1, 0.15) is 12.5 Å². The average molecular weight is 267 g/mol. The van der Waals surface area contributed by atoms with Crippen LogP contribution >= 0.6 is 12.2 Å². The topological polar surface area (TPSA) is 54.9 Å². The number of nitrogens with zero attached hydrogens (tertiary/aromatic N) is 1. The molecule has 0 amide bonds. The lowest BCUT2D eigenvalue weighted by molar-refractivity contribution is 0.354. The number of rotatable bonds is 5. The molecule has 0 saturated heterocycles. The third-order valence-corrected chi connectivity index (χ3v) is 2.38. The van der Waals surface area contributed by atoms with Crippen molar-refractivity contribution in [1.82, 2.24) is 10.7 Å². The first kappa shape index (κ1) is 14.2. The van der Waals surface area contributed by atoms with Gasteiger partial charge in [-0.3, -0.25) is 5.43 Å². The van der Waals surface area contributed by atoms with E-state index >= 15 is 0 Å². The molecule has 1 rings (SSSR count). The Labute approximate surface area is 112 Å². The van der Waals surface area contributed by atoms with Crippen LogP contribution in [-0.2, 0) is 0 Å². The van der Waals surface area contributed by atoms with Crippen molar-refractivity contribution < 1.29 is 9.47 Å². The van der Waals surface area contributed by atoms with Crippen molar-refractivity contribution in [2.45, 2.75) is 6.92 Å². The van der Waals surface area contributed by atoms with Gasteiger partial charge in [-0.05, 0) is 31.3 Å². The Morgan fingerprint density at radius 1 is 1.39 bits per heavy atom. The maximum absolute atomic E-state index is 5.28. The molecule has 1 aromatic carbocycles. The number of hydrogen-bond acceptors (Lipinski definition) is 4. The molecule has 0 aliphatic rings. The molecular weight excluding hydrogens is 250 g/mol. The first-order valence-electron chi connectivity index (χ1n) is 5.50. The van der Waals surface area contributed by atoms with E-state index < -0.39 is 0 Å². The number of benzene rings is 1. The lowest BCUT2D eigenvalue weighted by Crippen LogP contribution is -2.31. The standard InChI is InChI=1S/C12H17N3O2S/c1-4-13-12(18)15-14-8-9-6-5-7-10(16-2)11(9)17-3/h5-8H,4H2,1-3H3,(H2,13,15,18)/b14-8-. The summed E-state index contributed by atoms with van der Waals surface area (Å²) in [6.45, 7) is 2.71. The Bertz CT molecular complexity index is 435. The van der Waals surface area contributed by atoms with Crippen molar-refractivity contribution >= 4 is 23.5 Å². The Hall–Kier alpha value is -1.82. The smallest absolute Gasteiger partial charge is 0.186 e. The van der Waals surface area contributed by atoms with Gasteiger partial charge >= 0.3 is 0 Å². The van der Waals surface area contributed by atoms with Gasteiger partial charge < -0.3 is 14.8 Å². The van der Waals surface area contributed by atoms with Gasteiger partial charge in [-0.2, -0.15) is 5.10 Å². The number of hydrazone groups is 1. The minimum Gasteiger partial charge on any atom is -0.493 e. The minimum absolute atomic E-state index is 0.482. The van der Waals surface area contributed by atoms with Crippen LogP contribution in [0.5, 0.6) is 11.5 Å². The van der Waals surface area contributed by atoms with Crippen LogP contribution in [0, 0.1) is 0 Å². The average Bonchev–Trinajstić information content (AvgIpc) is 2.38. The first-order chi connectivity index (χ1) is 8.72. The Kier molecular flexibility index (Phi) is 5.93. The first-order valence-corrected chi connectivity index (χ1v) is 5.91. The summed E-state index contributed by atoms with van der Waals surface area (Å²) in [7, 11) is 3.18. The van der Waals surface area contributed by atoms with Crippen molar-refractivity contribution in [3.63, 3.8) is 0 Å². The van der Waals surface area contributed by atoms with E-state index in [4.69, 9.17) is 21.7 Å². The van der Waals surface area contributed by atoms with E-state index in [1.807, 2.05) is 25.1 Å². The summed E-state index contributed by atoms with van der Waals surface area (Å²) in [5.74, 6) is 1.30. The molecule has 0 atom stereocenters. The zero-order chi connectivity index (χ0) is 13.4. The molecule has 0 aromatic heterocycles. The molecule has 18 heavy (non-hydrogen) atoms. The van der Waals surface area contributed by atoms with E-state index in [0.29, 0.717) is 16.6 Å². The lowest BCUT2D eigenvalue weighted by Gasteiger charge is -2.09. The van der Waals surface area contributed by atoms with Crippen LogP contribution in [0.25, 0.3) is 0 Å². The van der Waals surface area contributed by atoms with Crippen molar-refractivity contribution in [2.24, 2.45) is 5.10 Å². The van der Waals surface area contributed by atoms with Crippen LogP contribution in [0.15, 0.2) is 23.3 Å². The van der Waals surface area contributed by atoms with Gasteiger partial charge in [-0.15, -0.1) is 0 Å². The van der Waals surface area contributed by atoms with E-state index in [-0.39, 0.29) is 0 Å². The molecular formula is C12H17N3O2S. The van der Waals surface area contributed by atoms with Gasteiger partial charge in [0.25, 0.3) is 0 Å². The summed E-state index contributed by atoms with van der Waals surface area (Å²) in [4.78, 5) is 0. The summed E-state index contributed by atoms with van der Waals surface area (Å²) in [6, 6.07) is 5.57. The van der Waals surface area contributed by atoms with Crippen molar-refractivity contribution in [3.8, 4) is 11.5 Å². The molecule has 5 nitrogen and oxygen atoms in total. The molecule has 98 valence electrons. The third-order valence-electron chi connectivity index (χ3n) is 2.14. The van der Waals surface area contributed by atoms with Gasteiger partial charge in [0.15, 0.2) is 16.6 Å². The predicted molar refractivity (Wildman–Crippen MR) is 76.6 cm³/mol. The molecule has 0 fully saturated rings. The number of nitrogens with one attached hydrogen (secondary N) is 2. The fourth-order valence-electron chi connectivity index (χ4n) is 1.37. The van der Waals surface area contributed by atoms with Crippen molar-refractivity contribution in [2.75, 3.05) is 20.8 Å². The van der Waals surface area contributed by atoms with Gasteiger partial charge in [-0.25, -0.2) is 0 Å². The summed E-state index contributed by atoms with van der Waals surface area (Å²) in [6.07, 6.45) is 1.63. The Morgan fingerprint density at radius 3 is 2.78 bits per heavy atom. The second-order valence-electron chi connectivity index (χ2n) is 3.31. The second kappa shape index (κ2) is 7.50. The van der Waals surface area contributed by atoms with Gasteiger partial charge in [0.2, 0.25) is 0 Å². The summed E-state index contributed by atoms with van der Waals surface area (Å²) in [5, 5.41) is 7.45. The normalized spacial score (nSPS) is 10.2. The molecule has 6 heteroatoms. The van der Waals surface area contributed by atoms with Crippen LogP contribution in [0.3, 0.4) is 0 Å². The third kappa shape index (κ3) is 3.89. The number of ether oxygens (including phenoxy) is 2. The molecule has 0 saturated carbocycles. The number of methoxy groups -OCH3 is 2. The molecule has 0 aliphatic heterocycles. The Balaban J connectivity index is 2.77. The maximum Gasteiger partial charge on any atom is 0.186 e. The highest BCUT2D eigenvalue weighted by Crippen LogP contribution is 2.29. The SMILES string of the molecule is CCNC(=S)N/N=C\c1cccc(OC)c1OC. The van der Waals surface area contributed by atoms with Crippen molar-refractivity contribution in [1.29, 1.82) is 0 Å². The quantitative estimate of drug-likeness (QED) is 0.481. The van der Waals surface area contributed by atoms with E-state index in [1.54, 1.807) is 20.4 Å². The zero-order valence-electron chi connectivity index (χ0n) is 10.7. The second-order valence-corrected chi connectivity index (χ2v) is 3.72. The summed E-state index contributed by atoms with van der Waals surface area (Å²) < 4.78 is 10.5. The number of hydrogen-bond donors (Lipinski definition) is 2. The largest absolute Gasteiger partial charge is 0.493 e. The highest BCUT2D eigenvalue weighted by Gasteiger charge is 2.06. The van der Waals surface area contributed by atoms with E-state index in [9.17, 15) is 0 Å². The van der Waals surface area contributed by atoms with Crippen LogP contribution < -0.4 is 20.2 Å². The summed E-state index contributed by atoms with van der Waals surface area (Å²) >= 11 is 4.99. The predicted octanol–water partition coefficient (Wildman–Crippen LogP) is 1.52. The molecule has 0 spiro atoms. The maximum atomic E-state index is 5.28. The fraction of sp³-hybridized carbons (Fsp3) is 0.333.